The lowest BCUT2D eigenvalue weighted by atomic mass is 9.88. The molecule has 25 heavy (non-hydrogen) atoms. The molecule has 2 amide bonds. The maximum absolute atomic E-state index is 13.1. The molecule has 5 nitrogen and oxygen atoms in total. The number of alkyl halides is 3. The van der Waals surface area contributed by atoms with Crippen molar-refractivity contribution in [3.8, 4) is 10.6 Å². The third-order valence-corrected chi connectivity index (χ3v) is 5.38. The molecule has 1 aliphatic rings. The number of hydrogen-bond donors (Lipinski definition) is 1. The molecule has 2 aromatic rings. The van der Waals surface area contributed by atoms with Gasteiger partial charge in [-0.2, -0.15) is 13.2 Å². The number of halogens is 3. The van der Waals surface area contributed by atoms with Crippen LogP contribution in [0.15, 0.2) is 30.3 Å². The highest BCUT2D eigenvalue weighted by atomic mass is 32.1. The summed E-state index contributed by atoms with van der Waals surface area (Å²) >= 11 is 1.18. The van der Waals surface area contributed by atoms with Crippen molar-refractivity contribution in [2.75, 3.05) is 11.9 Å². The lowest BCUT2D eigenvalue weighted by molar-refractivity contribution is -0.189. The van der Waals surface area contributed by atoms with E-state index in [0.29, 0.717) is 5.01 Å². The summed E-state index contributed by atoms with van der Waals surface area (Å²) in [5.74, 6) is -1.54. The minimum Gasteiger partial charge on any atom is -0.319 e. The molecule has 1 aromatic carbocycles. The predicted octanol–water partition coefficient (Wildman–Crippen LogP) is 4.40. The molecule has 1 fully saturated rings. The number of rotatable bonds is 2. The van der Waals surface area contributed by atoms with Crippen LogP contribution in [0.1, 0.15) is 20.3 Å². The Morgan fingerprint density at radius 1 is 1.28 bits per heavy atom. The summed E-state index contributed by atoms with van der Waals surface area (Å²) in [4.78, 5) is 13.7. The zero-order valence-electron chi connectivity index (χ0n) is 13.7. The molecular weight excluding hydrogens is 353 g/mol. The van der Waals surface area contributed by atoms with E-state index < -0.39 is 23.7 Å². The van der Waals surface area contributed by atoms with E-state index in [4.69, 9.17) is 0 Å². The van der Waals surface area contributed by atoms with Crippen molar-refractivity contribution in [2.24, 2.45) is 5.92 Å². The zero-order valence-corrected chi connectivity index (χ0v) is 14.5. The fourth-order valence-corrected chi connectivity index (χ4v) is 3.88. The number of hydrogen-bond acceptors (Lipinski definition) is 4. The molecule has 1 atom stereocenters. The van der Waals surface area contributed by atoms with Gasteiger partial charge in [-0.1, -0.05) is 41.7 Å². The minimum atomic E-state index is -4.33. The van der Waals surface area contributed by atoms with E-state index in [1.165, 1.54) is 30.1 Å². The quantitative estimate of drug-likeness (QED) is 0.852. The summed E-state index contributed by atoms with van der Waals surface area (Å²) in [6, 6.07) is 8.73. The highest BCUT2D eigenvalue weighted by Crippen LogP contribution is 2.44. The number of aromatic nitrogens is 2. The number of nitrogens with zero attached hydrogens (tertiary/aromatic N) is 3. The Morgan fingerprint density at radius 3 is 2.56 bits per heavy atom. The number of carbonyl (C=O) groups is 1. The number of anilines is 1. The van der Waals surface area contributed by atoms with Crippen LogP contribution >= 0.6 is 11.3 Å². The first-order valence-corrected chi connectivity index (χ1v) is 8.55. The SMILES string of the molecule is CC1(C)[C@H](C(F)(F)F)CCN1C(=O)Nc1nnc(-c2ccccc2)s1. The number of amides is 2. The molecule has 0 spiro atoms. The molecule has 1 saturated heterocycles. The maximum Gasteiger partial charge on any atom is 0.394 e. The highest BCUT2D eigenvalue weighted by molar-refractivity contribution is 7.18. The Bertz CT molecular complexity index is 760. The highest BCUT2D eigenvalue weighted by Gasteiger charge is 2.56. The lowest BCUT2D eigenvalue weighted by Gasteiger charge is -2.36. The third-order valence-electron chi connectivity index (χ3n) is 4.49. The molecule has 0 bridgehead atoms. The molecule has 2 heterocycles. The van der Waals surface area contributed by atoms with Gasteiger partial charge in [0, 0.05) is 12.1 Å². The van der Waals surface area contributed by atoms with E-state index in [2.05, 4.69) is 15.5 Å². The molecule has 1 N–H and O–H groups in total. The van der Waals surface area contributed by atoms with E-state index in [-0.39, 0.29) is 18.1 Å². The van der Waals surface area contributed by atoms with Gasteiger partial charge in [0.05, 0.1) is 11.5 Å². The fourth-order valence-electron chi connectivity index (χ4n) is 3.15. The molecule has 0 aliphatic carbocycles. The third kappa shape index (κ3) is 3.46. The van der Waals surface area contributed by atoms with Crippen LogP contribution < -0.4 is 5.32 Å². The Morgan fingerprint density at radius 2 is 1.96 bits per heavy atom. The van der Waals surface area contributed by atoms with Crippen LogP contribution in [0, 0.1) is 5.92 Å². The van der Waals surface area contributed by atoms with E-state index >= 15 is 0 Å². The van der Waals surface area contributed by atoms with Gasteiger partial charge in [0.15, 0.2) is 0 Å². The first kappa shape index (κ1) is 17.7. The van der Waals surface area contributed by atoms with Crippen LogP contribution in [0.25, 0.3) is 10.6 Å². The Hall–Kier alpha value is -2.16. The van der Waals surface area contributed by atoms with Gasteiger partial charge in [-0.3, -0.25) is 5.32 Å². The van der Waals surface area contributed by atoms with Crippen molar-refractivity contribution in [3.63, 3.8) is 0 Å². The Kier molecular flexibility index (Phi) is 4.44. The molecular formula is C16H17F3N4OS. The number of nitrogens with one attached hydrogen (secondary N) is 1. The monoisotopic (exact) mass is 370 g/mol. The van der Waals surface area contributed by atoms with Gasteiger partial charge >= 0.3 is 12.2 Å². The van der Waals surface area contributed by atoms with Crippen molar-refractivity contribution in [1.82, 2.24) is 15.1 Å². The van der Waals surface area contributed by atoms with Crippen LogP contribution in [0.3, 0.4) is 0 Å². The first-order chi connectivity index (χ1) is 11.7. The van der Waals surface area contributed by atoms with Crippen LogP contribution in [0.5, 0.6) is 0 Å². The summed E-state index contributed by atoms with van der Waals surface area (Å²) in [5, 5.41) is 11.4. The van der Waals surface area contributed by atoms with E-state index in [1.807, 2.05) is 30.3 Å². The normalized spacial score (nSPS) is 19.9. The second-order valence-electron chi connectivity index (χ2n) is 6.40. The first-order valence-electron chi connectivity index (χ1n) is 7.74. The van der Waals surface area contributed by atoms with Gasteiger partial charge in [-0.05, 0) is 20.3 Å². The summed E-state index contributed by atoms with van der Waals surface area (Å²) in [6.07, 6.45) is -4.43. The average molecular weight is 370 g/mol. The number of carbonyl (C=O) groups excluding carboxylic acids is 1. The lowest BCUT2D eigenvalue weighted by Crippen LogP contribution is -2.51. The largest absolute Gasteiger partial charge is 0.394 e. The van der Waals surface area contributed by atoms with Crippen LogP contribution in [-0.4, -0.2) is 39.4 Å². The van der Waals surface area contributed by atoms with Crippen molar-refractivity contribution >= 4 is 22.5 Å². The van der Waals surface area contributed by atoms with Gasteiger partial charge in [-0.15, -0.1) is 10.2 Å². The standard InChI is InChI=1S/C16H17F3N4OS/c1-15(2)11(16(17,18)19)8-9-23(15)14(24)20-13-22-21-12(25-13)10-6-4-3-5-7-10/h3-7,11H,8-9H2,1-2H3,(H,20,22,24)/t11-/m1/s1. The van der Waals surface area contributed by atoms with Crippen LogP contribution in [0.4, 0.5) is 23.1 Å². The van der Waals surface area contributed by atoms with Gasteiger partial charge < -0.3 is 4.90 Å². The van der Waals surface area contributed by atoms with Crippen molar-refractivity contribution in [2.45, 2.75) is 32.0 Å². The van der Waals surface area contributed by atoms with E-state index in [1.54, 1.807) is 0 Å². The fraction of sp³-hybridized carbons (Fsp3) is 0.438. The second-order valence-corrected chi connectivity index (χ2v) is 7.37. The Labute approximate surface area is 146 Å². The van der Waals surface area contributed by atoms with Crippen molar-refractivity contribution < 1.29 is 18.0 Å². The van der Waals surface area contributed by atoms with Crippen LogP contribution in [0.2, 0.25) is 0 Å². The van der Waals surface area contributed by atoms with E-state index in [9.17, 15) is 18.0 Å². The predicted molar refractivity (Wildman–Crippen MR) is 89.3 cm³/mol. The summed E-state index contributed by atoms with van der Waals surface area (Å²) in [7, 11) is 0. The topological polar surface area (TPSA) is 58.1 Å². The molecule has 134 valence electrons. The molecule has 0 unspecified atom stereocenters. The molecule has 0 radical (unpaired) electrons. The van der Waals surface area contributed by atoms with Crippen molar-refractivity contribution in [3.05, 3.63) is 30.3 Å². The molecule has 3 rings (SSSR count). The summed E-state index contributed by atoms with van der Waals surface area (Å²) in [5.41, 5.74) is -0.450. The van der Waals surface area contributed by atoms with Gasteiger partial charge in [0.25, 0.3) is 0 Å². The average Bonchev–Trinajstić information content (AvgIpc) is 3.11. The summed E-state index contributed by atoms with van der Waals surface area (Å²) < 4.78 is 39.4. The van der Waals surface area contributed by atoms with Crippen LogP contribution in [-0.2, 0) is 0 Å². The smallest absolute Gasteiger partial charge is 0.319 e. The van der Waals surface area contributed by atoms with Gasteiger partial charge in [-0.25, -0.2) is 4.79 Å². The number of likely N-dealkylation sites (tertiary alicyclic amines) is 1. The van der Waals surface area contributed by atoms with E-state index in [0.717, 1.165) is 5.56 Å². The number of benzene rings is 1. The maximum atomic E-state index is 13.1. The Balaban J connectivity index is 1.72. The molecule has 9 heteroatoms. The van der Waals surface area contributed by atoms with Gasteiger partial charge in [0.1, 0.15) is 5.01 Å². The zero-order chi connectivity index (χ0) is 18.2. The molecule has 0 saturated carbocycles. The minimum absolute atomic E-state index is 0.0490. The molecule has 1 aliphatic heterocycles. The molecule has 1 aromatic heterocycles. The summed E-state index contributed by atoms with van der Waals surface area (Å²) in [6.45, 7) is 2.92. The second kappa shape index (κ2) is 6.29. The van der Waals surface area contributed by atoms with Gasteiger partial charge in [0.2, 0.25) is 5.13 Å². The number of urea groups is 1. The van der Waals surface area contributed by atoms with Crippen molar-refractivity contribution in [1.29, 1.82) is 0 Å².